The minimum absolute atomic E-state index is 0.276. The fourth-order valence-electron chi connectivity index (χ4n) is 1.47. The van der Waals surface area contributed by atoms with Gasteiger partial charge in [0.2, 0.25) is 10.0 Å². The summed E-state index contributed by atoms with van der Waals surface area (Å²) >= 11 is 1.10. The Kier molecular flexibility index (Phi) is 4.29. The standard InChI is InChI=1S/C14H15NO2S2/c1-11-3-7-13(8-4-11)18-15-19(16,17)14-9-5-12(2)6-10-14/h3-10,15H,1-2H3. The summed E-state index contributed by atoms with van der Waals surface area (Å²) in [6.45, 7) is 3.91. The highest BCUT2D eigenvalue weighted by Gasteiger charge is 2.13. The molecule has 0 unspecified atom stereocenters. The number of hydrogen-bond donors (Lipinski definition) is 1. The van der Waals surface area contributed by atoms with Crippen LogP contribution in [0.5, 0.6) is 0 Å². The molecular weight excluding hydrogens is 278 g/mol. The molecule has 0 aliphatic carbocycles. The molecule has 2 aromatic carbocycles. The van der Waals surface area contributed by atoms with Crippen LogP contribution in [0.3, 0.4) is 0 Å². The van der Waals surface area contributed by atoms with Crippen LogP contribution in [0.1, 0.15) is 11.1 Å². The Bertz CT molecular complexity index is 647. The zero-order valence-corrected chi connectivity index (χ0v) is 12.4. The molecule has 0 aliphatic heterocycles. The van der Waals surface area contributed by atoms with Crippen LogP contribution in [0.4, 0.5) is 0 Å². The molecule has 0 bridgehead atoms. The first-order chi connectivity index (χ1) is 8.97. The minimum Gasteiger partial charge on any atom is -0.206 e. The van der Waals surface area contributed by atoms with Crippen molar-refractivity contribution in [3.8, 4) is 0 Å². The van der Waals surface area contributed by atoms with Gasteiger partial charge in [-0.15, -0.1) is 4.13 Å². The lowest BCUT2D eigenvalue weighted by Gasteiger charge is -2.06. The third kappa shape index (κ3) is 3.83. The van der Waals surface area contributed by atoms with Crippen LogP contribution in [0.15, 0.2) is 58.3 Å². The maximum atomic E-state index is 12.1. The van der Waals surface area contributed by atoms with E-state index in [0.717, 1.165) is 28.0 Å². The van der Waals surface area contributed by atoms with Crippen LogP contribution in [-0.4, -0.2) is 8.42 Å². The molecule has 0 atom stereocenters. The summed E-state index contributed by atoms with van der Waals surface area (Å²) in [5, 5.41) is 0. The second-order valence-corrected chi connectivity index (χ2v) is 7.14. The maximum Gasteiger partial charge on any atom is 0.250 e. The zero-order valence-electron chi connectivity index (χ0n) is 10.8. The van der Waals surface area contributed by atoms with Crippen molar-refractivity contribution in [1.29, 1.82) is 0 Å². The van der Waals surface area contributed by atoms with Gasteiger partial charge in [0.25, 0.3) is 0 Å². The molecule has 0 heterocycles. The lowest BCUT2D eigenvalue weighted by atomic mass is 10.2. The van der Waals surface area contributed by atoms with Crippen LogP contribution in [0.2, 0.25) is 0 Å². The maximum absolute atomic E-state index is 12.1. The molecule has 19 heavy (non-hydrogen) atoms. The van der Waals surface area contributed by atoms with E-state index in [-0.39, 0.29) is 4.90 Å². The highest BCUT2D eigenvalue weighted by Crippen LogP contribution is 2.19. The van der Waals surface area contributed by atoms with E-state index >= 15 is 0 Å². The molecule has 0 radical (unpaired) electrons. The van der Waals surface area contributed by atoms with Crippen molar-refractivity contribution >= 4 is 22.0 Å². The summed E-state index contributed by atoms with van der Waals surface area (Å²) in [7, 11) is -3.47. The summed E-state index contributed by atoms with van der Waals surface area (Å²) in [6, 6.07) is 14.4. The summed E-state index contributed by atoms with van der Waals surface area (Å²) in [5.74, 6) is 0. The van der Waals surface area contributed by atoms with Crippen molar-refractivity contribution in [2.45, 2.75) is 23.6 Å². The topological polar surface area (TPSA) is 46.2 Å². The second-order valence-electron chi connectivity index (χ2n) is 4.31. The Morgan fingerprint density at radius 2 is 1.32 bits per heavy atom. The highest BCUT2D eigenvalue weighted by molar-refractivity contribution is 8.09. The van der Waals surface area contributed by atoms with Gasteiger partial charge >= 0.3 is 0 Å². The van der Waals surface area contributed by atoms with Crippen molar-refractivity contribution < 1.29 is 8.42 Å². The Morgan fingerprint density at radius 1 is 0.842 bits per heavy atom. The van der Waals surface area contributed by atoms with Crippen LogP contribution in [-0.2, 0) is 10.0 Å². The van der Waals surface area contributed by atoms with Crippen LogP contribution < -0.4 is 4.13 Å². The van der Waals surface area contributed by atoms with Gasteiger partial charge in [0.05, 0.1) is 4.90 Å². The van der Waals surface area contributed by atoms with E-state index in [0.29, 0.717) is 0 Å². The van der Waals surface area contributed by atoms with Crippen LogP contribution >= 0.6 is 11.9 Å². The van der Waals surface area contributed by atoms with E-state index in [1.54, 1.807) is 24.3 Å². The summed E-state index contributed by atoms with van der Waals surface area (Å²) in [6.07, 6.45) is 0. The van der Waals surface area contributed by atoms with E-state index in [4.69, 9.17) is 0 Å². The van der Waals surface area contributed by atoms with Gasteiger partial charge in [-0.05, 0) is 50.1 Å². The fourth-order valence-corrected chi connectivity index (χ4v) is 3.45. The molecule has 3 nitrogen and oxygen atoms in total. The van der Waals surface area contributed by atoms with Gasteiger partial charge in [-0.2, -0.15) is 0 Å². The number of sulfonamides is 1. The average Bonchev–Trinajstić information content (AvgIpc) is 2.39. The Balaban J connectivity index is 2.09. The minimum atomic E-state index is -3.47. The van der Waals surface area contributed by atoms with Crippen LogP contribution in [0.25, 0.3) is 0 Å². The number of hydrogen-bond acceptors (Lipinski definition) is 3. The Morgan fingerprint density at radius 3 is 1.84 bits per heavy atom. The first-order valence-corrected chi connectivity index (χ1v) is 8.09. The van der Waals surface area contributed by atoms with Gasteiger partial charge in [-0.25, -0.2) is 8.42 Å². The molecule has 100 valence electrons. The normalized spacial score (nSPS) is 11.5. The number of rotatable bonds is 4. The number of benzene rings is 2. The van der Waals surface area contributed by atoms with E-state index in [9.17, 15) is 8.42 Å². The largest absolute Gasteiger partial charge is 0.250 e. The highest BCUT2D eigenvalue weighted by atomic mass is 32.3. The molecule has 0 spiro atoms. The van der Waals surface area contributed by atoms with Gasteiger partial charge in [-0.1, -0.05) is 35.4 Å². The van der Waals surface area contributed by atoms with Gasteiger partial charge in [0.15, 0.2) is 0 Å². The van der Waals surface area contributed by atoms with Gasteiger partial charge in [0, 0.05) is 4.90 Å². The Labute approximate surface area is 118 Å². The quantitative estimate of drug-likeness (QED) is 0.880. The number of nitrogens with one attached hydrogen (secondary N) is 1. The Hall–Kier alpha value is -1.30. The first-order valence-electron chi connectivity index (χ1n) is 5.79. The lowest BCUT2D eigenvalue weighted by Crippen LogP contribution is -2.16. The monoisotopic (exact) mass is 293 g/mol. The van der Waals surface area contributed by atoms with Crippen molar-refractivity contribution in [1.82, 2.24) is 4.13 Å². The second kappa shape index (κ2) is 5.77. The molecular formula is C14H15NO2S2. The van der Waals surface area contributed by atoms with Crippen LogP contribution in [0, 0.1) is 13.8 Å². The molecule has 0 aliphatic rings. The molecule has 1 N–H and O–H groups in total. The van der Waals surface area contributed by atoms with Gasteiger partial charge in [0.1, 0.15) is 0 Å². The van der Waals surface area contributed by atoms with Crippen molar-refractivity contribution in [3.05, 3.63) is 59.7 Å². The molecule has 0 amide bonds. The first kappa shape index (κ1) is 14.1. The van der Waals surface area contributed by atoms with E-state index < -0.39 is 10.0 Å². The van der Waals surface area contributed by atoms with Gasteiger partial charge in [-0.3, -0.25) is 0 Å². The predicted molar refractivity (Wildman–Crippen MR) is 78.5 cm³/mol. The number of aryl methyl sites for hydroxylation is 2. The van der Waals surface area contributed by atoms with Crippen molar-refractivity contribution in [3.63, 3.8) is 0 Å². The molecule has 0 aromatic heterocycles. The van der Waals surface area contributed by atoms with E-state index in [1.807, 2.05) is 38.1 Å². The van der Waals surface area contributed by atoms with E-state index in [2.05, 4.69) is 4.13 Å². The smallest absolute Gasteiger partial charge is 0.206 e. The zero-order chi connectivity index (χ0) is 13.9. The molecule has 0 saturated carbocycles. The van der Waals surface area contributed by atoms with Crippen molar-refractivity contribution in [2.75, 3.05) is 0 Å². The molecule has 2 rings (SSSR count). The summed E-state index contributed by atoms with van der Waals surface area (Å²) in [4.78, 5) is 1.14. The molecule has 5 heteroatoms. The lowest BCUT2D eigenvalue weighted by molar-refractivity contribution is 0.594. The van der Waals surface area contributed by atoms with Crippen molar-refractivity contribution in [2.24, 2.45) is 0 Å². The third-order valence-corrected chi connectivity index (χ3v) is 5.23. The third-order valence-electron chi connectivity index (χ3n) is 2.62. The average molecular weight is 293 g/mol. The predicted octanol–water partition coefficient (Wildman–Crippen LogP) is 3.29. The fraction of sp³-hybridized carbons (Fsp3) is 0.143. The SMILES string of the molecule is Cc1ccc(SNS(=O)(=O)c2ccc(C)cc2)cc1. The summed E-state index contributed by atoms with van der Waals surface area (Å²) in [5.41, 5.74) is 2.18. The molecule has 2 aromatic rings. The molecule has 0 saturated heterocycles. The molecule has 0 fully saturated rings. The summed E-state index contributed by atoms with van der Waals surface area (Å²) < 4.78 is 26.6. The van der Waals surface area contributed by atoms with Gasteiger partial charge < -0.3 is 0 Å². The van der Waals surface area contributed by atoms with E-state index in [1.165, 1.54) is 0 Å².